The number of nitrogens with one attached hydrogen (secondary N) is 1. The van der Waals surface area contributed by atoms with Gasteiger partial charge in [0.25, 0.3) is 5.91 Å². The summed E-state index contributed by atoms with van der Waals surface area (Å²) in [5.41, 5.74) is 0.412. The first-order valence-electron chi connectivity index (χ1n) is 5.57. The highest BCUT2D eigenvalue weighted by molar-refractivity contribution is 5.77. The zero-order chi connectivity index (χ0) is 13.4. The van der Waals surface area contributed by atoms with Crippen molar-refractivity contribution < 1.29 is 14.3 Å². The van der Waals surface area contributed by atoms with Crippen LogP contribution in [0.5, 0.6) is 5.75 Å². The fraction of sp³-hybridized carbons (Fsp3) is 0.385. The molecule has 0 spiro atoms. The molecule has 0 aliphatic rings. The van der Waals surface area contributed by atoms with E-state index in [4.69, 9.17) is 14.7 Å². The molecule has 0 unspecified atom stereocenters. The molecule has 0 saturated carbocycles. The second-order valence-corrected chi connectivity index (χ2v) is 3.82. The molecule has 96 valence electrons. The molecule has 0 aromatic heterocycles. The predicted octanol–water partition coefficient (Wildman–Crippen LogP) is 1.09. The van der Waals surface area contributed by atoms with Gasteiger partial charge in [0.05, 0.1) is 12.2 Å². The molecule has 1 aromatic rings. The maximum Gasteiger partial charge on any atom is 0.258 e. The first kappa shape index (κ1) is 14.0. The minimum Gasteiger partial charge on any atom is -0.482 e. The van der Waals surface area contributed by atoms with Gasteiger partial charge in [-0.05, 0) is 19.1 Å². The Morgan fingerprint density at radius 2 is 2.22 bits per heavy atom. The first-order chi connectivity index (χ1) is 8.67. The number of rotatable bonds is 6. The SMILES string of the molecule is COC[C@H](C)NC(=O)COc1ccccc1C#N. The monoisotopic (exact) mass is 248 g/mol. The number of hydrogen-bond acceptors (Lipinski definition) is 4. The number of benzene rings is 1. The van der Waals surface area contributed by atoms with E-state index in [-0.39, 0.29) is 18.6 Å². The van der Waals surface area contributed by atoms with E-state index in [1.807, 2.05) is 13.0 Å². The summed E-state index contributed by atoms with van der Waals surface area (Å²) in [7, 11) is 1.57. The van der Waals surface area contributed by atoms with Crippen molar-refractivity contribution >= 4 is 5.91 Å². The van der Waals surface area contributed by atoms with Gasteiger partial charge in [-0.3, -0.25) is 4.79 Å². The van der Waals surface area contributed by atoms with Gasteiger partial charge in [-0.25, -0.2) is 0 Å². The van der Waals surface area contributed by atoms with Gasteiger partial charge in [0.2, 0.25) is 0 Å². The van der Waals surface area contributed by atoms with Gasteiger partial charge in [-0.2, -0.15) is 5.26 Å². The Kier molecular flexibility index (Phi) is 5.68. The number of nitrogens with zero attached hydrogens (tertiary/aromatic N) is 1. The first-order valence-corrected chi connectivity index (χ1v) is 5.57. The van der Waals surface area contributed by atoms with Crippen LogP contribution >= 0.6 is 0 Å². The van der Waals surface area contributed by atoms with Crippen molar-refractivity contribution in [1.29, 1.82) is 5.26 Å². The molecule has 0 aliphatic heterocycles. The van der Waals surface area contributed by atoms with Crippen molar-refractivity contribution in [1.82, 2.24) is 5.32 Å². The molecular formula is C13H16N2O3. The number of ether oxygens (including phenoxy) is 2. The Morgan fingerprint density at radius 1 is 1.50 bits per heavy atom. The van der Waals surface area contributed by atoms with Gasteiger partial charge in [0, 0.05) is 13.2 Å². The Bertz CT molecular complexity index is 440. The molecule has 5 nitrogen and oxygen atoms in total. The van der Waals surface area contributed by atoms with Crippen LogP contribution in [0.2, 0.25) is 0 Å². The summed E-state index contributed by atoms with van der Waals surface area (Å²) in [4.78, 5) is 11.5. The van der Waals surface area contributed by atoms with Crippen molar-refractivity contribution in [2.45, 2.75) is 13.0 Å². The Balaban J connectivity index is 2.45. The molecule has 0 radical (unpaired) electrons. The second kappa shape index (κ2) is 7.30. The van der Waals surface area contributed by atoms with Gasteiger partial charge in [-0.1, -0.05) is 12.1 Å². The fourth-order valence-electron chi connectivity index (χ4n) is 1.44. The third-order valence-electron chi connectivity index (χ3n) is 2.19. The second-order valence-electron chi connectivity index (χ2n) is 3.82. The smallest absolute Gasteiger partial charge is 0.258 e. The van der Waals surface area contributed by atoms with E-state index in [0.717, 1.165) is 0 Å². The van der Waals surface area contributed by atoms with E-state index in [1.54, 1.807) is 31.4 Å². The normalized spacial score (nSPS) is 11.4. The topological polar surface area (TPSA) is 71.3 Å². The van der Waals surface area contributed by atoms with Crippen LogP contribution in [0.3, 0.4) is 0 Å². The molecule has 0 heterocycles. The molecule has 0 saturated heterocycles. The van der Waals surface area contributed by atoms with Crippen molar-refractivity contribution in [2.24, 2.45) is 0 Å². The lowest BCUT2D eigenvalue weighted by atomic mass is 10.2. The van der Waals surface area contributed by atoms with Gasteiger partial charge in [-0.15, -0.1) is 0 Å². The Morgan fingerprint density at radius 3 is 2.89 bits per heavy atom. The maximum atomic E-state index is 11.5. The molecular weight excluding hydrogens is 232 g/mol. The van der Waals surface area contributed by atoms with Crippen LogP contribution < -0.4 is 10.1 Å². The summed E-state index contributed by atoms with van der Waals surface area (Å²) in [5.74, 6) is 0.168. The molecule has 5 heteroatoms. The van der Waals surface area contributed by atoms with Crippen LogP contribution in [0.4, 0.5) is 0 Å². The highest BCUT2D eigenvalue weighted by Gasteiger charge is 2.09. The maximum absolute atomic E-state index is 11.5. The summed E-state index contributed by atoms with van der Waals surface area (Å²) < 4.78 is 10.2. The summed E-state index contributed by atoms with van der Waals surface area (Å²) in [6.07, 6.45) is 0. The Labute approximate surface area is 106 Å². The van der Waals surface area contributed by atoms with Crippen molar-refractivity contribution in [3.05, 3.63) is 29.8 Å². The minimum atomic E-state index is -0.243. The van der Waals surface area contributed by atoms with Crippen LogP contribution in [-0.4, -0.2) is 32.3 Å². The van der Waals surface area contributed by atoms with E-state index in [0.29, 0.717) is 17.9 Å². The zero-order valence-electron chi connectivity index (χ0n) is 10.5. The lowest BCUT2D eigenvalue weighted by molar-refractivity contribution is -0.124. The minimum absolute atomic E-state index is 0.0719. The lowest BCUT2D eigenvalue weighted by Crippen LogP contribution is -2.38. The number of para-hydroxylation sites is 1. The van der Waals surface area contributed by atoms with Crippen LogP contribution in [0.15, 0.2) is 24.3 Å². The lowest BCUT2D eigenvalue weighted by Gasteiger charge is -2.13. The quantitative estimate of drug-likeness (QED) is 0.818. The van der Waals surface area contributed by atoms with E-state index < -0.39 is 0 Å². The number of nitriles is 1. The number of carbonyl (C=O) groups excluding carboxylic acids is 1. The van der Waals surface area contributed by atoms with Gasteiger partial charge in [0.1, 0.15) is 11.8 Å². The fourth-order valence-corrected chi connectivity index (χ4v) is 1.44. The third-order valence-corrected chi connectivity index (χ3v) is 2.19. The molecule has 1 N–H and O–H groups in total. The van der Waals surface area contributed by atoms with Crippen LogP contribution in [0.1, 0.15) is 12.5 Å². The zero-order valence-corrected chi connectivity index (χ0v) is 10.5. The Hall–Kier alpha value is -2.06. The van der Waals surface area contributed by atoms with Crippen molar-refractivity contribution in [3.63, 3.8) is 0 Å². The van der Waals surface area contributed by atoms with Gasteiger partial charge in [0.15, 0.2) is 6.61 Å². The molecule has 1 amide bonds. The number of carbonyl (C=O) groups is 1. The highest BCUT2D eigenvalue weighted by atomic mass is 16.5. The van der Waals surface area contributed by atoms with E-state index in [2.05, 4.69) is 5.32 Å². The van der Waals surface area contributed by atoms with Crippen LogP contribution in [0, 0.1) is 11.3 Å². The number of hydrogen-bond donors (Lipinski definition) is 1. The molecule has 1 rings (SSSR count). The molecule has 0 aliphatic carbocycles. The third kappa shape index (κ3) is 4.44. The van der Waals surface area contributed by atoms with E-state index >= 15 is 0 Å². The summed E-state index contributed by atoms with van der Waals surface area (Å²) in [6, 6.07) is 8.72. The molecule has 18 heavy (non-hydrogen) atoms. The summed E-state index contributed by atoms with van der Waals surface area (Å²) in [5, 5.41) is 11.6. The van der Waals surface area contributed by atoms with Gasteiger partial charge >= 0.3 is 0 Å². The standard InChI is InChI=1S/C13H16N2O3/c1-10(8-17-2)15-13(16)9-18-12-6-4-3-5-11(12)7-14/h3-6,10H,8-9H2,1-2H3,(H,15,16)/t10-/m0/s1. The molecule has 1 atom stereocenters. The van der Waals surface area contributed by atoms with E-state index in [1.165, 1.54) is 0 Å². The number of methoxy groups -OCH3 is 1. The molecule has 0 bridgehead atoms. The van der Waals surface area contributed by atoms with Crippen LogP contribution in [0.25, 0.3) is 0 Å². The average Bonchev–Trinajstić information content (AvgIpc) is 2.37. The largest absolute Gasteiger partial charge is 0.482 e. The summed E-state index contributed by atoms with van der Waals surface area (Å²) in [6.45, 7) is 2.16. The average molecular weight is 248 g/mol. The summed E-state index contributed by atoms with van der Waals surface area (Å²) >= 11 is 0. The van der Waals surface area contributed by atoms with E-state index in [9.17, 15) is 4.79 Å². The number of amides is 1. The highest BCUT2D eigenvalue weighted by Crippen LogP contribution is 2.16. The van der Waals surface area contributed by atoms with Crippen molar-refractivity contribution in [3.8, 4) is 11.8 Å². The molecule has 0 fully saturated rings. The van der Waals surface area contributed by atoms with Gasteiger partial charge < -0.3 is 14.8 Å². The predicted molar refractivity (Wildman–Crippen MR) is 66.1 cm³/mol. The molecule has 1 aromatic carbocycles. The van der Waals surface area contributed by atoms with Crippen LogP contribution in [-0.2, 0) is 9.53 Å². The van der Waals surface area contributed by atoms with Crippen molar-refractivity contribution in [2.75, 3.05) is 20.3 Å².